The maximum absolute atomic E-state index is 11.4. The highest BCUT2D eigenvalue weighted by Crippen LogP contribution is 2.19. The van der Waals surface area contributed by atoms with Gasteiger partial charge in [-0.2, -0.15) is 0 Å². The largest absolute Gasteiger partial charge is 0.353 e. The van der Waals surface area contributed by atoms with Crippen LogP contribution < -0.4 is 10.9 Å². The second kappa shape index (κ2) is 5.14. The molecule has 0 radical (unpaired) electrons. The van der Waals surface area contributed by atoms with Crippen molar-refractivity contribution in [2.45, 2.75) is 51.5 Å². The van der Waals surface area contributed by atoms with E-state index in [4.69, 9.17) is 0 Å². The minimum absolute atomic E-state index is 0.0499. The van der Waals surface area contributed by atoms with Crippen molar-refractivity contribution in [2.75, 3.05) is 5.32 Å². The van der Waals surface area contributed by atoms with Gasteiger partial charge >= 0.3 is 0 Å². The number of nitrogens with one attached hydrogen (secondary N) is 2. The topological polar surface area (TPSA) is 57.8 Å². The number of aromatic nitrogens is 2. The highest BCUT2D eigenvalue weighted by Gasteiger charge is 2.12. The predicted octanol–water partition coefficient (Wildman–Crippen LogP) is 2.21. The SMILES string of the molecule is Cc1cnc(NC2CCCCCC2)[nH]c1=O. The van der Waals surface area contributed by atoms with E-state index in [-0.39, 0.29) is 5.56 Å². The molecule has 0 saturated heterocycles. The molecule has 16 heavy (non-hydrogen) atoms. The summed E-state index contributed by atoms with van der Waals surface area (Å²) in [5.41, 5.74) is 0.609. The zero-order valence-electron chi connectivity index (χ0n) is 9.75. The molecule has 1 aromatic rings. The molecule has 4 nitrogen and oxygen atoms in total. The second-order valence-corrected chi connectivity index (χ2v) is 4.58. The summed E-state index contributed by atoms with van der Waals surface area (Å²) < 4.78 is 0. The number of aromatic amines is 1. The van der Waals surface area contributed by atoms with E-state index in [9.17, 15) is 4.79 Å². The summed E-state index contributed by atoms with van der Waals surface area (Å²) in [6.45, 7) is 1.77. The molecular weight excluding hydrogens is 202 g/mol. The first kappa shape index (κ1) is 11.2. The standard InChI is InChI=1S/C12H19N3O/c1-9-8-13-12(15-11(9)16)14-10-6-4-2-3-5-7-10/h8,10H,2-7H2,1H3,(H2,13,14,15,16). The normalized spacial score (nSPS) is 18.1. The third kappa shape index (κ3) is 2.84. The third-order valence-corrected chi connectivity index (χ3v) is 3.17. The van der Waals surface area contributed by atoms with E-state index in [2.05, 4.69) is 15.3 Å². The van der Waals surface area contributed by atoms with Crippen LogP contribution in [-0.4, -0.2) is 16.0 Å². The molecule has 1 saturated carbocycles. The summed E-state index contributed by atoms with van der Waals surface area (Å²) >= 11 is 0. The Morgan fingerprint density at radius 1 is 1.31 bits per heavy atom. The number of anilines is 1. The minimum Gasteiger partial charge on any atom is -0.353 e. The Balaban J connectivity index is 2.02. The molecule has 4 heteroatoms. The van der Waals surface area contributed by atoms with Crippen molar-refractivity contribution in [1.29, 1.82) is 0 Å². The molecule has 1 aliphatic rings. The Bertz CT molecular complexity index is 391. The van der Waals surface area contributed by atoms with Crippen LogP contribution in [0.3, 0.4) is 0 Å². The molecule has 88 valence electrons. The second-order valence-electron chi connectivity index (χ2n) is 4.58. The Kier molecular flexibility index (Phi) is 3.59. The van der Waals surface area contributed by atoms with E-state index in [1.807, 2.05) is 0 Å². The lowest BCUT2D eigenvalue weighted by Gasteiger charge is -2.16. The molecule has 2 N–H and O–H groups in total. The number of aryl methyl sites for hydroxylation is 1. The molecule has 0 aliphatic heterocycles. The minimum atomic E-state index is -0.0499. The zero-order valence-corrected chi connectivity index (χ0v) is 9.75. The Morgan fingerprint density at radius 3 is 2.62 bits per heavy atom. The average molecular weight is 221 g/mol. The molecule has 0 amide bonds. The smallest absolute Gasteiger partial charge is 0.255 e. The van der Waals surface area contributed by atoms with Crippen LogP contribution in [0.4, 0.5) is 5.95 Å². The quantitative estimate of drug-likeness (QED) is 0.753. The van der Waals surface area contributed by atoms with E-state index >= 15 is 0 Å². The van der Waals surface area contributed by atoms with E-state index in [1.165, 1.54) is 38.5 Å². The summed E-state index contributed by atoms with van der Waals surface area (Å²) in [4.78, 5) is 18.4. The van der Waals surface area contributed by atoms with Crippen molar-refractivity contribution < 1.29 is 0 Å². The number of H-pyrrole nitrogens is 1. The Morgan fingerprint density at radius 2 is 2.00 bits per heavy atom. The monoisotopic (exact) mass is 221 g/mol. The van der Waals surface area contributed by atoms with E-state index in [0.717, 1.165) is 0 Å². The van der Waals surface area contributed by atoms with E-state index in [1.54, 1.807) is 13.1 Å². The molecule has 1 fully saturated rings. The fourth-order valence-electron chi connectivity index (χ4n) is 2.15. The van der Waals surface area contributed by atoms with Crippen molar-refractivity contribution in [2.24, 2.45) is 0 Å². The van der Waals surface area contributed by atoms with Crippen LogP contribution in [-0.2, 0) is 0 Å². The van der Waals surface area contributed by atoms with Gasteiger partial charge in [0.15, 0.2) is 0 Å². The van der Waals surface area contributed by atoms with E-state index in [0.29, 0.717) is 17.6 Å². The van der Waals surface area contributed by atoms with Crippen molar-refractivity contribution in [1.82, 2.24) is 9.97 Å². The van der Waals surface area contributed by atoms with Crippen LogP contribution in [0.15, 0.2) is 11.0 Å². The maximum atomic E-state index is 11.4. The van der Waals surface area contributed by atoms with Crippen LogP contribution in [0.5, 0.6) is 0 Å². The first-order valence-corrected chi connectivity index (χ1v) is 6.08. The van der Waals surface area contributed by atoms with Gasteiger partial charge in [-0.05, 0) is 19.8 Å². The van der Waals surface area contributed by atoms with Crippen LogP contribution in [0.2, 0.25) is 0 Å². The summed E-state index contributed by atoms with van der Waals surface area (Å²) in [6.07, 6.45) is 9.18. The van der Waals surface area contributed by atoms with Gasteiger partial charge in [-0.1, -0.05) is 25.7 Å². The highest BCUT2D eigenvalue weighted by molar-refractivity contribution is 5.26. The predicted molar refractivity (Wildman–Crippen MR) is 64.7 cm³/mol. The fraction of sp³-hybridized carbons (Fsp3) is 0.667. The van der Waals surface area contributed by atoms with Gasteiger partial charge in [-0.15, -0.1) is 0 Å². The summed E-state index contributed by atoms with van der Waals surface area (Å²) in [7, 11) is 0. The Labute approximate surface area is 95.5 Å². The van der Waals surface area contributed by atoms with Crippen LogP contribution in [0.1, 0.15) is 44.1 Å². The highest BCUT2D eigenvalue weighted by atomic mass is 16.1. The lowest BCUT2D eigenvalue weighted by Crippen LogP contribution is -2.22. The molecule has 1 heterocycles. The van der Waals surface area contributed by atoms with Crippen molar-refractivity contribution >= 4 is 5.95 Å². The molecule has 0 aromatic carbocycles. The van der Waals surface area contributed by atoms with Gasteiger partial charge in [-0.3, -0.25) is 9.78 Å². The lowest BCUT2D eigenvalue weighted by molar-refractivity contribution is 0.614. The van der Waals surface area contributed by atoms with Crippen molar-refractivity contribution in [3.05, 3.63) is 22.1 Å². The molecule has 0 unspecified atom stereocenters. The van der Waals surface area contributed by atoms with Crippen LogP contribution in [0.25, 0.3) is 0 Å². The number of hydrogen-bond donors (Lipinski definition) is 2. The number of nitrogens with zero attached hydrogens (tertiary/aromatic N) is 1. The third-order valence-electron chi connectivity index (χ3n) is 3.17. The lowest BCUT2D eigenvalue weighted by atomic mass is 10.1. The molecule has 0 atom stereocenters. The van der Waals surface area contributed by atoms with Gasteiger partial charge < -0.3 is 5.32 Å². The average Bonchev–Trinajstić information content (AvgIpc) is 2.52. The molecule has 0 bridgehead atoms. The van der Waals surface area contributed by atoms with Crippen molar-refractivity contribution in [3.8, 4) is 0 Å². The number of hydrogen-bond acceptors (Lipinski definition) is 3. The van der Waals surface area contributed by atoms with Gasteiger partial charge in [0, 0.05) is 17.8 Å². The van der Waals surface area contributed by atoms with Gasteiger partial charge in [0.1, 0.15) is 0 Å². The van der Waals surface area contributed by atoms with Crippen molar-refractivity contribution in [3.63, 3.8) is 0 Å². The van der Waals surface area contributed by atoms with Gasteiger partial charge in [0.25, 0.3) is 5.56 Å². The molecule has 1 aromatic heterocycles. The number of rotatable bonds is 2. The van der Waals surface area contributed by atoms with E-state index < -0.39 is 0 Å². The van der Waals surface area contributed by atoms with Gasteiger partial charge in [0.2, 0.25) is 5.95 Å². The molecular formula is C12H19N3O. The van der Waals surface area contributed by atoms with Gasteiger partial charge in [0.05, 0.1) is 0 Å². The molecule has 2 rings (SSSR count). The maximum Gasteiger partial charge on any atom is 0.255 e. The summed E-state index contributed by atoms with van der Waals surface area (Å²) in [5, 5.41) is 3.32. The first-order chi connectivity index (χ1) is 7.75. The summed E-state index contributed by atoms with van der Waals surface area (Å²) in [5.74, 6) is 0.613. The van der Waals surface area contributed by atoms with Crippen LogP contribution >= 0.6 is 0 Å². The van der Waals surface area contributed by atoms with Crippen LogP contribution in [0, 0.1) is 6.92 Å². The molecule has 0 spiro atoms. The van der Waals surface area contributed by atoms with Gasteiger partial charge in [-0.25, -0.2) is 4.98 Å². The molecule has 1 aliphatic carbocycles. The Hall–Kier alpha value is -1.32. The first-order valence-electron chi connectivity index (χ1n) is 6.08. The fourth-order valence-corrected chi connectivity index (χ4v) is 2.15. The summed E-state index contributed by atoms with van der Waals surface area (Å²) in [6, 6.07) is 0.466. The zero-order chi connectivity index (χ0) is 11.4.